The van der Waals surface area contributed by atoms with Gasteiger partial charge in [0, 0.05) is 22.5 Å². The second-order valence-electron chi connectivity index (χ2n) is 7.41. The van der Waals surface area contributed by atoms with Crippen LogP contribution in [0.15, 0.2) is 76.5 Å². The number of anilines is 2. The van der Waals surface area contributed by atoms with Crippen LogP contribution >= 0.6 is 0 Å². The highest BCUT2D eigenvalue weighted by Crippen LogP contribution is 2.25. The Hall–Kier alpha value is -3.50. The fraction of sp³-hybridized carbons (Fsp3) is 0.130. The number of aryl methyl sites for hydroxylation is 1. The molecule has 3 aromatic carbocycles. The zero-order valence-corrected chi connectivity index (χ0v) is 19.7. The van der Waals surface area contributed by atoms with E-state index < -0.39 is 20.0 Å². The summed E-state index contributed by atoms with van der Waals surface area (Å²) in [7, 11) is -8.21. The van der Waals surface area contributed by atoms with Crippen LogP contribution in [0.1, 0.15) is 40.1 Å². The SMILES string of the molecule is CC(=O)c1ccc(NS(=O)(=O)c2ccc(C)c(S(=O)(=O)Nc3ccc(C(C)=O)cc3)c2)cc1. The first-order valence-electron chi connectivity index (χ1n) is 9.77. The molecule has 0 fully saturated rings. The van der Waals surface area contributed by atoms with Gasteiger partial charge in [0.2, 0.25) is 0 Å². The van der Waals surface area contributed by atoms with Gasteiger partial charge in [0.05, 0.1) is 9.79 Å². The summed E-state index contributed by atoms with van der Waals surface area (Å²) in [6.45, 7) is 4.36. The third-order valence-electron chi connectivity index (χ3n) is 4.85. The number of sulfonamides is 2. The van der Waals surface area contributed by atoms with Gasteiger partial charge in [-0.15, -0.1) is 0 Å². The molecule has 33 heavy (non-hydrogen) atoms. The number of benzene rings is 3. The largest absolute Gasteiger partial charge is 0.295 e. The number of carbonyl (C=O) groups excluding carboxylic acids is 2. The maximum atomic E-state index is 13.0. The summed E-state index contributed by atoms with van der Waals surface area (Å²) in [5, 5.41) is 0. The number of hydrogen-bond donors (Lipinski definition) is 2. The molecule has 0 saturated heterocycles. The first-order valence-corrected chi connectivity index (χ1v) is 12.7. The molecule has 0 atom stereocenters. The van der Waals surface area contributed by atoms with E-state index in [2.05, 4.69) is 9.44 Å². The van der Waals surface area contributed by atoms with Crippen LogP contribution in [0.25, 0.3) is 0 Å². The van der Waals surface area contributed by atoms with Gasteiger partial charge in [-0.25, -0.2) is 16.8 Å². The van der Waals surface area contributed by atoms with Crippen molar-refractivity contribution in [1.29, 1.82) is 0 Å². The lowest BCUT2D eigenvalue weighted by Crippen LogP contribution is -2.17. The zero-order valence-electron chi connectivity index (χ0n) is 18.1. The zero-order chi connectivity index (χ0) is 24.4. The Kier molecular flexibility index (Phi) is 6.71. The molecular weight excluding hydrogens is 464 g/mol. The summed E-state index contributed by atoms with van der Waals surface area (Å²) in [6.07, 6.45) is 0. The van der Waals surface area contributed by atoms with E-state index in [1.54, 1.807) is 6.92 Å². The standard InChI is InChI=1S/C23H22N2O6S2/c1-15-4-13-22(32(28,29)24-20-9-5-18(6-10-20)16(2)26)14-23(15)33(30,31)25-21-11-7-19(8-12-21)17(3)27/h4-14,24-25H,1-3H3. The highest BCUT2D eigenvalue weighted by Gasteiger charge is 2.22. The molecular formula is C23H22N2O6S2. The monoisotopic (exact) mass is 486 g/mol. The van der Waals surface area contributed by atoms with Crippen molar-refractivity contribution in [2.24, 2.45) is 0 Å². The topological polar surface area (TPSA) is 126 Å². The van der Waals surface area contributed by atoms with Crippen molar-refractivity contribution in [1.82, 2.24) is 0 Å². The molecule has 2 N–H and O–H groups in total. The second kappa shape index (κ2) is 9.16. The van der Waals surface area contributed by atoms with Crippen molar-refractivity contribution >= 4 is 43.0 Å². The Morgan fingerprint density at radius 1 is 0.636 bits per heavy atom. The molecule has 0 aliphatic rings. The van der Waals surface area contributed by atoms with E-state index in [-0.39, 0.29) is 32.7 Å². The fourth-order valence-electron chi connectivity index (χ4n) is 3.01. The van der Waals surface area contributed by atoms with Crippen molar-refractivity contribution in [3.05, 3.63) is 83.4 Å². The average Bonchev–Trinajstić information content (AvgIpc) is 2.74. The molecule has 0 bridgehead atoms. The van der Waals surface area contributed by atoms with E-state index in [9.17, 15) is 26.4 Å². The minimum absolute atomic E-state index is 0.151. The minimum atomic E-state index is -4.11. The molecule has 0 heterocycles. The molecule has 0 spiro atoms. The van der Waals surface area contributed by atoms with E-state index in [0.717, 1.165) is 6.07 Å². The van der Waals surface area contributed by atoms with Crippen LogP contribution in [-0.4, -0.2) is 28.4 Å². The lowest BCUT2D eigenvalue weighted by atomic mass is 10.1. The van der Waals surface area contributed by atoms with Gasteiger partial charge in [0.25, 0.3) is 20.0 Å². The van der Waals surface area contributed by atoms with Gasteiger partial charge in [-0.1, -0.05) is 6.07 Å². The first-order chi connectivity index (χ1) is 15.4. The van der Waals surface area contributed by atoms with Crippen LogP contribution in [0.4, 0.5) is 11.4 Å². The van der Waals surface area contributed by atoms with Crippen LogP contribution in [0.3, 0.4) is 0 Å². The number of Topliss-reactive ketones (excluding diaryl/α,β-unsaturated/α-hetero) is 2. The number of carbonyl (C=O) groups is 2. The van der Waals surface area contributed by atoms with Crippen molar-refractivity contribution in [3.63, 3.8) is 0 Å². The lowest BCUT2D eigenvalue weighted by molar-refractivity contribution is 0.100. The van der Waals surface area contributed by atoms with Gasteiger partial charge >= 0.3 is 0 Å². The first kappa shape index (κ1) is 24.1. The van der Waals surface area contributed by atoms with E-state index >= 15 is 0 Å². The fourth-order valence-corrected chi connectivity index (χ4v) is 5.50. The molecule has 0 unspecified atom stereocenters. The van der Waals surface area contributed by atoms with E-state index in [0.29, 0.717) is 16.7 Å². The Morgan fingerprint density at radius 3 is 1.48 bits per heavy atom. The Balaban J connectivity index is 1.89. The Bertz CT molecular complexity index is 1430. The highest BCUT2D eigenvalue weighted by molar-refractivity contribution is 7.93. The van der Waals surface area contributed by atoms with Crippen LogP contribution < -0.4 is 9.44 Å². The van der Waals surface area contributed by atoms with Crippen molar-refractivity contribution in [2.75, 3.05) is 9.44 Å². The summed E-state index contributed by atoms with van der Waals surface area (Å²) < 4.78 is 56.4. The summed E-state index contributed by atoms with van der Waals surface area (Å²) in [5.74, 6) is -0.303. The predicted octanol–water partition coefficient (Wildman–Crippen LogP) is 4.00. The number of hydrogen-bond acceptors (Lipinski definition) is 6. The molecule has 0 aliphatic carbocycles. The molecule has 8 nitrogen and oxygen atoms in total. The smallest absolute Gasteiger partial charge is 0.262 e. The summed E-state index contributed by atoms with van der Waals surface area (Å²) in [6, 6.07) is 15.6. The number of ketones is 2. The van der Waals surface area contributed by atoms with Crippen LogP contribution in [-0.2, 0) is 20.0 Å². The summed E-state index contributed by atoms with van der Waals surface area (Å²) >= 11 is 0. The second-order valence-corrected chi connectivity index (χ2v) is 10.7. The third-order valence-corrected chi connectivity index (χ3v) is 7.75. The van der Waals surface area contributed by atoms with Crippen molar-refractivity contribution < 1.29 is 26.4 Å². The van der Waals surface area contributed by atoms with Crippen LogP contribution in [0.5, 0.6) is 0 Å². The summed E-state index contributed by atoms with van der Waals surface area (Å²) in [4.78, 5) is 22.3. The predicted molar refractivity (Wildman–Crippen MR) is 126 cm³/mol. The molecule has 0 saturated carbocycles. The molecule has 0 aromatic heterocycles. The minimum Gasteiger partial charge on any atom is -0.295 e. The summed E-state index contributed by atoms with van der Waals surface area (Å²) in [5.41, 5.74) is 1.69. The van der Waals surface area contributed by atoms with Crippen LogP contribution in [0.2, 0.25) is 0 Å². The van der Waals surface area contributed by atoms with Gasteiger partial charge in [-0.3, -0.25) is 19.0 Å². The van der Waals surface area contributed by atoms with Crippen LogP contribution in [0, 0.1) is 6.92 Å². The van der Waals surface area contributed by atoms with Gasteiger partial charge in [-0.05, 0) is 87.0 Å². The highest BCUT2D eigenvalue weighted by atomic mass is 32.2. The molecule has 0 radical (unpaired) electrons. The molecule has 172 valence electrons. The molecule has 10 heteroatoms. The average molecular weight is 487 g/mol. The third kappa shape index (κ3) is 5.65. The van der Waals surface area contributed by atoms with Gasteiger partial charge in [0.15, 0.2) is 11.6 Å². The molecule has 3 rings (SSSR count). The Morgan fingerprint density at radius 2 is 1.06 bits per heavy atom. The van der Waals surface area contributed by atoms with E-state index in [4.69, 9.17) is 0 Å². The normalized spacial score (nSPS) is 11.6. The number of nitrogens with one attached hydrogen (secondary N) is 2. The van der Waals surface area contributed by atoms with Crippen molar-refractivity contribution in [2.45, 2.75) is 30.6 Å². The van der Waals surface area contributed by atoms with E-state index in [1.807, 2.05) is 0 Å². The van der Waals surface area contributed by atoms with E-state index in [1.165, 1.54) is 74.5 Å². The number of rotatable bonds is 8. The van der Waals surface area contributed by atoms with Gasteiger partial charge < -0.3 is 0 Å². The Labute approximate surface area is 192 Å². The maximum Gasteiger partial charge on any atom is 0.262 e. The molecule has 0 aliphatic heterocycles. The molecule has 0 amide bonds. The quantitative estimate of drug-likeness (QED) is 0.464. The maximum absolute atomic E-state index is 13.0. The lowest BCUT2D eigenvalue weighted by Gasteiger charge is -2.13. The van der Waals surface area contributed by atoms with Gasteiger partial charge in [-0.2, -0.15) is 0 Å². The molecule has 3 aromatic rings. The van der Waals surface area contributed by atoms with Crippen molar-refractivity contribution in [3.8, 4) is 0 Å². The van der Waals surface area contributed by atoms with Gasteiger partial charge in [0.1, 0.15) is 0 Å².